The molecular formula is C16H19NO5. The molecule has 0 saturated carbocycles. The van der Waals surface area contributed by atoms with Crippen molar-refractivity contribution in [1.82, 2.24) is 5.32 Å². The fourth-order valence-electron chi connectivity index (χ4n) is 2.18. The second-order valence-corrected chi connectivity index (χ2v) is 5.07. The van der Waals surface area contributed by atoms with Crippen LogP contribution in [0.1, 0.15) is 11.3 Å². The van der Waals surface area contributed by atoms with Crippen molar-refractivity contribution in [2.45, 2.75) is 19.3 Å². The molecule has 22 heavy (non-hydrogen) atoms. The lowest BCUT2D eigenvalue weighted by atomic mass is 10.2. The Morgan fingerprint density at radius 1 is 1.23 bits per heavy atom. The summed E-state index contributed by atoms with van der Waals surface area (Å²) < 4.78 is 21.3. The Bertz CT molecular complexity index is 584. The summed E-state index contributed by atoms with van der Waals surface area (Å²) in [7, 11) is 0. The van der Waals surface area contributed by atoms with Crippen LogP contribution < -0.4 is 14.8 Å². The van der Waals surface area contributed by atoms with Gasteiger partial charge in [-0.2, -0.15) is 0 Å². The molecule has 0 spiro atoms. The average molecular weight is 305 g/mol. The Balaban J connectivity index is 1.34. The second-order valence-electron chi connectivity index (χ2n) is 5.07. The van der Waals surface area contributed by atoms with Crippen LogP contribution in [0.25, 0.3) is 0 Å². The largest absolute Gasteiger partial charge is 0.468 e. The van der Waals surface area contributed by atoms with Crippen LogP contribution in [0.4, 0.5) is 0 Å². The molecule has 0 amide bonds. The van der Waals surface area contributed by atoms with Crippen LogP contribution in [0.5, 0.6) is 11.5 Å². The van der Waals surface area contributed by atoms with Crippen LogP contribution >= 0.6 is 0 Å². The molecule has 2 N–H and O–H groups in total. The Morgan fingerprint density at radius 3 is 3.00 bits per heavy atom. The molecule has 1 aliphatic rings. The minimum atomic E-state index is -0.566. The maximum Gasteiger partial charge on any atom is 0.231 e. The van der Waals surface area contributed by atoms with Crippen molar-refractivity contribution in [1.29, 1.82) is 0 Å². The quantitative estimate of drug-likeness (QED) is 0.773. The number of hydrogen-bond donors (Lipinski definition) is 2. The predicted octanol–water partition coefficient (Wildman–Crippen LogP) is 1.68. The van der Waals surface area contributed by atoms with E-state index in [4.69, 9.17) is 18.6 Å². The maximum absolute atomic E-state index is 9.85. The molecule has 0 unspecified atom stereocenters. The maximum atomic E-state index is 9.85. The number of aliphatic hydroxyl groups excluding tert-OH is 1. The molecule has 1 aliphatic heterocycles. The number of hydrogen-bond acceptors (Lipinski definition) is 6. The molecule has 0 fully saturated rings. The first-order valence-corrected chi connectivity index (χ1v) is 7.19. The summed E-state index contributed by atoms with van der Waals surface area (Å²) >= 11 is 0. The van der Waals surface area contributed by atoms with Crippen LogP contribution in [0, 0.1) is 0 Å². The first-order valence-electron chi connectivity index (χ1n) is 7.19. The van der Waals surface area contributed by atoms with E-state index in [1.54, 1.807) is 6.26 Å². The van der Waals surface area contributed by atoms with E-state index in [0.717, 1.165) is 22.8 Å². The van der Waals surface area contributed by atoms with Crippen molar-refractivity contribution in [3.8, 4) is 11.5 Å². The van der Waals surface area contributed by atoms with Gasteiger partial charge in [-0.15, -0.1) is 0 Å². The van der Waals surface area contributed by atoms with Crippen molar-refractivity contribution in [2.75, 3.05) is 19.9 Å². The summed E-state index contributed by atoms with van der Waals surface area (Å²) in [6.45, 7) is 1.99. The van der Waals surface area contributed by atoms with Gasteiger partial charge in [0, 0.05) is 6.54 Å². The monoisotopic (exact) mass is 305 g/mol. The highest BCUT2D eigenvalue weighted by molar-refractivity contribution is 5.44. The Hall–Kier alpha value is -2.02. The lowest BCUT2D eigenvalue weighted by molar-refractivity contribution is 0.0285. The number of ether oxygens (including phenoxy) is 3. The summed E-state index contributed by atoms with van der Waals surface area (Å²) in [6, 6.07) is 9.40. The van der Waals surface area contributed by atoms with Gasteiger partial charge in [0.15, 0.2) is 11.5 Å². The Kier molecular flexibility index (Phi) is 4.95. The van der Waals surface area contributed by atoms with E-state index in [9.17, 15) is 5.11 Å². The second kappa shape index (κ2) is 7.31. The standard InChI is InChI=1S/C16H19NO5/c18-13(7-17-8-14-2-1-5-20-14)10-19-9-12-3-4-15-16(6-12)22-11-21-15/h1-6,13,17-18H,7-11H2/t13-/m0/s1. The third kappa shape index (κ3) is 4.00. The van der Waals surface area contributed by atoms with E-state index < -0.39 is 6.10 Å². The van der Waals surface area contributed by atoms with E-state index in [-0.39, 0.29) is 13.4 Å². The lowest BCUT2D eigenvalue weighted by Gasteiger charge is -2.12. The van der Waals surface area contributed by atoms with E-state index in [1.807, 2.05) is 30.3 Å². The van der Waals surface area contributed by atoms with Gasteiger partial charge in [0.25, 0.3) is 0 Å². The van der Waals surface area contributed by atoms with Crippen molar-refractivity contribution in [2.24, 2.45) is 0 Å². The van der Waals surface area contributed by atoms with Gasteiger partial charge in [-0.05, 0) is 29.8 Å². The summed E-state index contributed by atoms with van der Waals surface area (Å²) in [6.07, 6.45) is 1.06. The minimum Gasteiger partial charge on any atom is -0.468 e. The lowest BCUT2D eigenvalue weighted by Crippen LogP contribution is -2.29. The van der Waals surface area contributed by atoms with E-state index >= 15 is 0 Å². The number of aliphatic hydroxyl groups is 1. The Labute approximate surface area is 128 Å². The van der Waals surface area contributed by atoms with Gasteiger partial charge in [-0.3, -0.25) is 0 Å². The van der Waals surface area contributed by atoms with Crippen molar-refractivity contribution >= 4 is 0 Å². The third-order valence-corrected chi connectivity index (χ3v) is 3.28. The molecule has 1 aromatic heterocycles. The minimum absolute atomic E-state index is 0.263. The predicted molar refractivity (Wildman–Crippen MR) is 78.6 cm³/mol. The highest BCUT2D eigenvalue weighted by atomic mass is 16.7. The van der Waals surface area contributed by atoms with E-state index in [1.165, 1.54) is 0 Å². The van der Waals surface area contributed by atoms with Gasteiger partial charge in [-0.1, -0.05) is 6.07 Å². The number of rotatable bonds is 8. The molecule has 1 aromatic carbocycles. The normalized spacial score (nSPS) is 14.2. The number of nitrogens with one attached hydrogen (secondary N) is 1. The molecule has 2 aromatic rings. The summed E-state index contributed by atoms with van der Waals surface area (Å²) in [5, 5.41) is 13.0. The molecule has 0 saturated heterocycles. The molecular weight excluding hydrogens is 286 g/mol. The van der Waals surface area contributed by atoms with Crippen LogP contribution in [-0.4, -0.2) is 31.2 Å². The molecule has 0 radical (unpaired) electrons. The Morgan fingerprint density at radius 2 is 2.14 bits per heavy atom. The zero-order valence-electron chi connectivity index (χ0n) is 12.2. The van der Waals surface area contributed by atoms with Gasteiger partial charge >= 0.3 is 0 Å². The highest BCUT2D eigenvalue weighted by Gasteiger charge is 2.13. The van der Waals surface area contributed by atoms with Crippen molar-refractivity contribution in [3.63, 3.8) is 0 Å². The highest BCUT2D eigenvalue weighted by Crippen LogP contribution is 2.32. The smallest absolute Gasteiger partial charge is 0.231 e. The SMILES string of the molecule is O[C@@H](CNCc1ccco1)COCc1ccc2c(c1)OCO2. The molecule has 118 valence electrons. The van der Waals surface area contributed by atoms with Gasteiger partial charge < -0.3 is 29.1 Å². The van der Waals surface area contributed by atoms with Crippen LogP contribution in [0.2, 0.25) is 0 Å². The number of furan rings is 1. The van der Waals surface area contributed by atoms with Gasteiger partial charge in [0.1, 0.15) is 5.76 Å². The average Bonchev–Trinajstić information content (AvgIpc) is 3.17. The van der Waals surface area contributed by atoms with Gasteiger partial charge in [0.05, 0.1) is 32.1 Å². The molecule has 2 heterocycles. The molecule has 1 atom stereocenters. The molecule has 0 aliphatic carbocycles. The fourth-order valence-corrected chi connectivity index (χ4v) is 2.18. The summed E-state index contributed by atoms with van der Waals surface area (Å²) in [5.41, 5.74) is 0.986. The molecule has 0 bridgehead atoms. The molecule has 6 nitrogen and oxygen atoms in total. The first kappa shape index (κ1) is 14.9. The van der Waals surface area contributed by atoms with Crippen LogP contribution in [0.15, 0.2) is 41.0 Å². The number of fused-ring (bicyclic) bond motifs is 1. The van der Waals surface area contributed by atoms with Crippen molar-refractivity contribution < 1.29 is 23.7 Å². The summed E-state index contributed by atoms with van der Waals surface area (Å²) in [5.74, 6) is 2.33. The summed E-state index contributed by atoms with van der Waals surface area (Å²) in [4.78, 5) is 0. The topological polar surface area (TPSA) is 73.1 Å². The first-order chi connectivity index (χ1) is 10.8. The van der Waals surface area contributed by atoms with Crippen LogP contribution in [-0.2, 0) is 17.9 Å². The van der Waals surface area contributed by atoms with Crippen molar-refractivity contribution in [3.05, 3.63) is 47.9 Å². The van der Waals surface area contributed by atoms with E-state index in [2.05, 4.69) is 5.32 Å². The van der Waals surface area contributed by atoms with Gasteiger partial charge in [-0.25, -0.2) is 0 Å². The zero-order chi connectivity index (χ0) is 15.2. The van der Waals surface area contributed by atoms with E-state index in [0.29, 0.717) is 19.7 Å². The molecule has 6 heteroatoms. The fraction of sp³-hybridized carbons (Fsp3) is 0.375. The van der Waals surface area contributed by atoms with Gasteiger partial charge in [0.2, 0.25) is 6.79 Å². The van der Waals surface area contributed by atoms with Crippen LogP contribution in [0.3, 0.4) is 0 Å². The number of benzene rings is 1. The zero-order valence-corrected chi connectivity index (χ0v) is 12.2. The molecule has 3 rings (SSSR count). The third-order valence-electron chi connectivity index (χ3n) is 3.28.